The summed E-state index contributed by atoms with van der Waals surface area (Å²) < 4.78 is 2.12. The lowest BCUT2D eigenvalue weighted by Gasteiger charge is -1.92. The highest BCUT2D eigenvalue weighted by molar-refractivity contribution is 5.80. The molecule has 2 nitrogen and oxygen atoms in total. The summed E-state index contributed by atoms with van der Waals surface area (Å²) in [7, 11) is 2.06. The molecular formula is C18H17NO. The van der Waals surface area contributed by atoms with Crippen molar-refractivity contribution >= 4 is 17.2 Å². The number of benzene rings is 2. The predicted molar refractivity (Wildman–Crippen MR) is 84.6 cm³/mol. The Labute approximate surface area is 119 Å². The number of allylic oxidation sites excluding steroid dienone is 1. The third-order valence-corrected chi connectivity index (χ3v) is 3.00. The van der Waals surface area contributed by atoms with Crippen molar-refractivity contribution in [3.63, 3.8) is 0 Å². The summed E-state index contributed by atoms with van der Waals surface area (Å²) in [6, 6.07) is 19.0. The van der Waals surface area contributed by atoms with Gasteiger partial charge in [0.2, 0.25) is 0 Å². The molecule has 1 aromatic carbocycles. The first kappa shape index (κ1) is 13.8. The van der Waals surface area contributed by atoms with Gasteiger partial charge in [0, 0.05) is 18.8 Å². The normalized spacial score (nSPS) is 9.65. The van der Waals surface area contributed by atoms with Crippen LogP contribution >= 0.6 is 0 Å². The summed E-state index contributed by atoms with van der Waals surface area (Å²) in [5, 5.41) is 1.31. The zero-order valence-electron chi connectivity index (χ0n) is 11.5. The standard InChI is InChI=1S/C9H9N.C6H4.C3H4O/c1-10-7-6-8-4-2-3-5-9(8)10;1-2-5-4-6(5)3-1;1-2-3-4/h2-7H,1H3;1-4H;2-3H,1H2. The molecule has 0 saturated heterocycles. The third-order valence-electron chi connectivity index (χ3n) is 3.00. The summed E-state index contributed by atoms with van der Waals surface area (Å²) in [5.41, 5.74) is 4.15. The van der Waals surface area contributed by atoms with Gasteiger partial charge in [-0.25, -0.2) is 0 Å². The van der Waals surface area contributed by atoms with Crippen LogP contribution in [0.3, 0.4) is 0 Å². The molecule has 2 aliphatic rings. The molecule has 0 fully saturated rings. The first-order valence-electron chi connectivity index (χ1n) is 6.43. The molecule has 4 rings (SSSR count). The molecule has 0 N–H and O–H groups in total. The minimum atomic E-state index is 0.639. The second kappa shape index (κ2) is 6.53. The van der Waals surface area contributed by atoms with Crippen LogP contribution < -0.4 is 0 Å². The van der Waals surface area contributed by atoms with E-state index in [1.807, 2.05) is 0 Å². The fourth-order valence-corrected chi connectivity index (χ4v) is 1.90. The molecular weight excluding hydrogens is 246 g/mol. The lowest BCUT2D eigenvalue weighted by Crippen LogP contribution is -1.81. The second-order valence-electron chi connectivity index (χ2n) is 4.44. The fourth-order valence-electron chi connectivity index (χ4n) is 1.90. The fraction of sp³-hybridized carbons (Fsp3) is 0.0556. The van der Waals surface area contributed by atoms with Crippen LogP contribution in [0.15, 0.2) is 73.4 Å². The Morgan fingerprint density at radius 3 is 2.10 bits per heavy atom. The molecule has 2 aliphatic carbocycles. The number of aromatic nitrogens is 1. The Hall–Kier alpha value is -2.61. The Bertz CT molecular complexity index is 702. The largest absolute Gasteiger partial charge is 0.351 e. The Balaban J connectivity index is 0.000000125. The topological polar surface area (TPSA) is 22.0 Å². The molecule has 2 aromatic rings. The predicted octanol–water partition coefficient (Wildman–Crippen LogP) is 4.22. The smallest absolute Gasteiger partial charge is 0.142 e. The minimum Gasteiger partial charge on any atom is -0.351 e. The van der Waals surface area contributed by atoms with Gasteiger partial charge in [-0.3, -0.25) is 4.79 Å². The van der Waals surface area contributed by atoms with Crippen molar-refractivity contribution in [3.05, 3.63) is 73.4 Å². The number of aldehydes is 1. The van der Waals surface area contributed by atoms with E-state index in [0.717, 1.165) is 0 Å². The van der Waals surface area contributed by atoms with Gasteiger partial charge in [0.25, 0.3) is 0 Å². The molecule has 0 radical (unpaired) electrons. The highest BCUT2D eigenvalue weighted by atomic mass is 16.1. The van der Waals surface area contributed by atoms with Crippen molar-refractivity contribution in [1.82, 2.24) is 4.57 Å². The number of hydrogen-bond acceptors (Lipinski definition) is 1. The van der Waals surface area contributed by atoms with Gasteiger partial charge < -0.3 is 4.57 Å². The van der Waals surface area contributed by atoms with Crippen molar-refractivity contribution < 1.29 is 4.79 Å². The summed E-state index contributed by atoms with van der Waals surface area (Å²) in [5.74, 6) is 0. The van der Waals surface area contributed by atoms with E-state index in [4.69, 9.17) is 4.79 Å². The van der Waals surface area contributed by atoms with Crippen LogP contribution in [0, 0.1) is 0 Å². The van der Waals surface area contributed by atoms with E-state index in [0.29, 0.717) is 6.29 Å². The molecule has 1 aromatic heterocycles. The average molecular weight is 263 g/mol. The number of carbonyl (C=O) groups is 1. The monoisotopic (exact) mass is 263 g/mol. The first-order chi connectivity index (χ1) is 9.76. The molecule has 100 valence electrons. The van der Waals surface area contributed by atoms with Crippen molar-refractivity contribution in [3.8, 4) is 11.1 Å². The second-order valence-corrected chi connectivity index (χ2v) is 4.44. The van der Waals surface area contributed by atoms with Crippen LogP contribution in [0.1, 0.15) is 0 Å². The summed E-state index contributed by atoms with van der Waals surface area (Å²) in [6.07, 6.45) is 3.91. The zero-order chi connectivity index (χ0) is 14.4. The summed E-state index contributed by atoms with van der Waals surface area (Å²) >= 11 is 0. The first-order valence-corrected chi connectivity index (χ1v) is 6.43. The van der Waals surface area contributed by atoms with Crippen LogP contribution in [-0.2, 0) is 11.8 Å². The highest BCUT2D eigenvalue weighted by Gasteiger charge is 2.06. The SMILES string of the molecule is C=CC=O.Cn1ccc2ccccc21.c1cc2cc-2c1. The summed E-state index contributed by atoms with van der Waals surface area (Å²) in [4.78, 5) is 9.06. The highest BCUT2D eigenvalue weighted by Crippen LogP contribution is 2.32. The van der Waals surface area contributed by atoms with Crippen LogP contribution in [0.25, 0.3) is 22.0 Å². The van der Waals surface area contributed by atoms with E-state index < -0.39 is 0 Å². The van der Waals surface area contributed by atoms with E-state index in [-0.39, 0.29) is 0 Å². The van der Waals surface area contributed by atoms with Crippen LogP contribution in [0.4, 0.5) is 0 Å². The molecule has 0 aliphatic heterocycles. The van der Waals surface area contributed by atoms with E-state index in [1.165, 1.54) is 28.1 Å². The molecule has 0 bridgehead atoms. The van der Waals surface area contributed by atoms with Gasteiger partial charge in [-0.15, -0.1) is 0 Å². The number of rotatable bonds is 1. The Morgan fingerprint density at radius 2 is 1.65 bits per heavy atom. The van der Waals surface area contributed by atoms with E-state index >= 15 is 0 Å². The molecule has 20 heavy (non-hydrogen) atoms. The Kier molecular flexibility index (Phi) is 4.51. The van der Waals surface area contributed by atoms with Gasteiger partial charge in [0.1, 0.15) is 6.29 Å². The van der Waals surface area contributed by atoms with Gasteiger partial charge in [-0.2, -0.15) is 0 Å². The average Bonchev–Trinajstić information content (AvgIpc) is 2.93. The van der Waals surface area contributed by atoms with Crippen molar-refractivity contribution in [2.24, 2.45) is 7.05 Å². The number of fused-ring (bicyclic) bond motifs is 2. The number of para-hydroxylation sites is 1. The van der Waals surface area contributed by atoms with E-state index in [9.17, 15) is 0 Å². The van der Waals surface area contributed by atoms with Gasteiger partial charge in [0.05, 0.1) is 0 Å². The summed E-state index contributed by atoms with van der Waals surface area (Å²) in [6.45, 7) is 3.11. The van der Waals surface area contributed by atoms with Crippen molar-refractivity contribution in [2.45, 2.75) is 0 Å². The van der Waals surface area contributed by atoms with Crippen molar-refractivity contribution in [1.29, 1.82) is 0 Å². The molecule has 1 heterocycles. The lowest BCUT2D eigenvalue weighted by molar-refractivity contribution is -0.104. The maximum atomic E-state index is 9.06. The van der Waals surface area contributed by atoms with E-state index in [2.05, 4.69) is 79.0 Å². The van der Waals surface area contributed by atoms with Crippen LogP contribution in [0.2, 0.25) is 0 Å². The number of nitrogens with zero attached hydrogens (tertiary/aromatic N) is 1. The molecule has 2 heteroatoms. The lowest BCUT2D eigenvalue weighted by atomic mass is 10.2. The van der Waals surface area contributed by atoms with Crippen LogP contribution in [-0.4, -0.2) is 10.9 Å². The molecule has 0 spiro atoms. The third kappa shape index (κ3) is 3.45. The molecule has 0 saturated carbocycles. The van der Waals surface area contributed by atoms with Crippen molar-refractivity contribution in [2.75, 3.05) is 0 Å². The Morgan fingerprint density at radius 1 is 1.00 bits per heavy atom. The van der Waals surface area contributed by atoms with Gasteiger partial charge >= 0.3 is 0 Å². The van der Waals surface area contributed by atoms with Crippen LogP contribution in [0.5, 0.6) is 0 Å². The van der Waals surface area contributed by atoms with Gasteiger partial charge in [-0.1, -0.05) is 43.0 Å². The quantitative estimate of drug-likeness (QED) is 0.372. The van der Waals surface area contributed by atoms with E-state index in [1.54, 1.807) is 0 Å². The maximum Gasteiger partial charge on any atom is 0.142 e. The number of carbonyl (C=O) groups excluding carboxylic acids is 1. The zero-order valence-corrected chi connectivity index (χ0v) is 11.5. The maximum absolute atomic E-state index is 9.06. The molecule has 0 amide bonds. The molecule has 0 atom stereocenters. The minimum absolute atomic E-state index is 0.639. The number of aryl methyl sites for hydroxylation is 1. The molecule has 0 unspecified atom stereocenters. The number of hydrogen-bond donors (Lipinski definition) is 0. The van der Waals surface area contributed by atoms with Gasteiger partial charge in [0.15, 0.2) is 0 Å². The van der Waals surface area contributed by atoms with Gasteiger partial charge in [-0.05, 0) is 40.8 Å².